The second-order valence-electron chi connectivity index (χ2n) is 7.72. The summed E-state index contributed by atoms with van der Waals surface area (Å²) in [5.74, 6) is 0.751. The molecule has 154 valence electrons. The first-order valence-electron chi connectivity index (χ1n) is 9.95. The third kappa shape index (κ3) is 2.99. The van der Waals surface area contributed by atoms with Crippen LogP contribution in [0.2, 0.25) is 0 Å². The fourth-order valence-corrected chi connectivity index (χ4v) is 4.05. The van der Waals surface area contributed by atoms with E-state index in [-0.39, 0.29) is 11.2 Å². The number of pyridine rings is 1. The molecule has 0 saturated heterocycles. The van der Waals surface area contributed by atoms with Gasteiger partial charge in [-0.1, -0.05) is 29.8 Å². The number of aryl methyl sites for hydroxylation is 2. The number of rotatable bonds is 3. The molecule has 6 nitrogen and oxygen atoms in total. The van der Waals surface area contributed by atoms with Crippen molar-refractivity contribution in [3.63, 3.8) is 0 Å². The molecule has 2 aromatic heterocycles. The lowest BCUT2D eigenvalue weighted by molar-refractivity contribution is 0.0970. The third-order valence-electron chi connectivity index (χ3n) is 5.58. The highest BCUT2D eigenvalue weighted by atomic mass is 16.5. The Bertz CT molecular complexity index is 1390. The lowest BCUT2D eigenvalue weighted by atomic mass is 9.98. The maximum atomic E-state index is 13.6. The summed E-state index contributed by atoms with van der Waals surface area (Å²) >= 11 is 0. The van der Waals surface area contributed by atoms with Crippen molar-refractivity contribution in [3.8, 4) is 5.75 Å². The average Bonchev–Trinajstić information content (AvgIpc) is 3.07. The topological polar surface area (TPSA) is 72.6 Å². The Hall–Kier alpha value is -3.93. The van der Waals surface area contributed by atoms with Crippen molar-refractivity contribution in [2.45, 2.75) is 19.9 Å². The van der Waals surface area contributed by atoms with Gasteiger partial charge in [0, 0.05) is 6.20 Å². The van der Waals surface area contributed by atoms with Crippen molar-refractivity contribution in [1.82, 2.24) is 4.98 Å². The molecule has 6 heteroatoms. The van der Waals surface area contributed by atoms with E-state index in [4.69, 9.17) is 9.15 Å². The van der Waals surface area contributed by atoms with E-state index in [1.807, 2.05) is 50.2 Å². The van der Waals surface area contributed by atoms with Crippen molar-refractivity contribution in [3.05, 3.63) is 99.0 Å². The Morgan fingerprint density at radius 1 is 1.00 bits per heavy atom. The molecule has 2 aromatic carbocycles. The minimum atomic E-state index is -0.672. The van der Waals surface area contributed by atoms with E-state index in [1.54, 1.807) is 31.5 Å². The van der Waals surface area contributed by atoms with Gasteiger partial charge < -0.3 is 9.15 Å². The predicted molar refractivity (Wildman–Crippen MR) is 118 cm³/mol. The van der Waals surface area contributed by atoms with Crippen molar-refractivity contribution >= 4 is 22.7 Å². The highest BCUT2D eigenvalue weighted by Gasteiger charge is 2.44. The van der Waals surface area contributed by atoms with Crippen LogP contribution in [0.1, 0.15) is 38.9 Å². The molecular weight excluding hydrogens is 392 g/mol. The molecule has 3 heterocycles. The van der Waals surface area contributed by atoms with Crippen LogP contribution in [0.4, 0.5) is 5.82 Å². The van der Waals surface area contributed by atoms with Crippen molar-refractivity contribution in [2.24, 2.45) is 0 Å². The Labute approximate surface area is 178 Å². The van der Waals surface area contributed by atoms with Crippen LogP contribution in [0.3, 0.4) is 0 Å². The molecule has 0 aliphatic carbocycles. The SMILES string of the molecule is COc1cccc(C2c3c(oc4ccc(C)cc4c3=O)C(=O)N2c2ccc(C)cn2)c1. The molecule has 1 amide bonds. The predicted octanol–water partition coefficient (Wildman–Crippen LogP) is 4.56. The fourth-order valence-electron chi connectivity index (χ4n) is 4.05. The van der Waals surface area contributed by atoms with E-state index in [0.29, 0.717) is 28.1 Å². The maximum absolute atomic E-state index is 13.6. The average molecular weight is 412 g/mol. The minimum absolute atomic E-state index is 0.0524. The van der Waals surface area contributed by atoms with Crippen LogP contribution in [0.25, 0.3) is 11.0 Å². The van der Waals surface area contributed by atoms with Crippen LogP contribution >= 0.6 is 0 Å². The standard InChI is InChI=1S/C25H20N2O4/c1-14-7-9-19-18(11-14)23(28)21-22(16-5-4-6-17(12-16)30-3)27(25(29)24(21)31-19)20-10-8-15(2)13-26-20/h4-13,22H,1-3H3. The van der Waals surface area contributed by atoms with E-state index < -0.39 is 11.9 Å². The second-order valence-corrected chi connectivity index (χ2v) is 7.72. The molecule has 0 fully saturated rings. The summed E-state index contributed by atoms with van der Waals surface area (Å²) in [5.41, 5.74) is 3.16. The summed E-state index contributed by atoms with van der Waals surface area (Å²) in [4.78, 5) is 33.1. The highest BCUT2D eigenvalue weighted by molar-refractivity contribution is 6.10. The molecule has 1 aliphatic rings. The number of amides is 1. The van der Waals surface area contributed by atoms with Crippen molar-refractivity contribution in [2.75, 3.05) is 12.0 Å². The van der Waals surface area contributed by atoms with E-state index in [0.717, 1.165) is 16.7 Å². The first-order chi connectivity index (χ1) is 15.0. The fraction of sp³-hybridized carbons (Fsp3) is 0.160. The summed E-state index contributed by atoms with van der Waals surface area (Å²) in [6.07, 6.45) is 1.70. The van der Waals surface area contributed by atoms with Gasteiger partial charge in [-0.05, 0) is 55.3 Å². The molecule has 0 spiro atoms. The van der Waals surface area contributed by atoms with Gasteiger partial charge in [-0.25, -0.2) is 4.98 Å². The van der Waals surface area contributed by atoms with E-state index in [2.05, 4.69) is 4.98 Å². The van der Waals surface area contributed by atoms with Crippen molar-refractivity contribution < 1.29 is 13.9 Å². The zero-order valence-electron chi connectivity index (χ0n) is 17.4. The molecule has 0 N–H and O–H groups in total. The van der Waals surface area contributed by atoms with Gasteiger partial charge in [0.15, 0.2) is 5.43 Å². The second kappa shape index (κ2) is 7.09. The van der Waals surface area contributed by atoms with Gasteiger partial charge >= 0.3 is 0 Å². The van der Waals surface area contributed by atoms with Gasteiger partial charge in [0.1, 0.15) is 17.2 Å². The lowest BCUT2D eigenvalue weighted by Gasteiger charge is -2.24. The Balaban J connectivity index is 1.82. The van der Waals surface area contributed by atoms with Crippen LogP contribution in [0.15, 0.2) is 70.0 Å². The molecule has 1 unspecified atom stereocenters. The Morgan fingerprint density at radius 2 is 1.81 bits per heavy atom. The summed E-state index contributed by atoms with van der Waals surface area (Å²) in [6, 6.07) is 15.7. The molecule has 1 aliphatic heterocycles. The van der Waals surface area contributed by atoms with E-state index >= 15 is 0 Å². The van der Waals surface area contributed by atoms with Gasteiger partial charge in [-0.2, -0.15) is 0 Å². The molecule has 0 radical (unpaired) electrons. The van der Waals surface area contributed by atoms with Gasteiger partial charge in [0.05, 0.1) is 24.1 Å². The lowest BCUT2D eigenvalue weighted by Crippen LogP contribution is -2.30. The molecule has 5 rings (SSSR count). The molecule has 4 aromatic rings. The molecular formula is C25H20N2O4. The minimum Gasteiger partial charge on any atom is -0.497 e. The van der Waals surface area contributed by atoms with Gasteiger partial charge in [-0.15, -0.1) is 0 Å². The van der Waals surface area contributed by atoms with E-state index in [1.165, 1.54) is 4.90 Å². The monoisotopic (exact) mass is 412 g/mol. The van der Waals surface area contributed by atoms with Crippen LogP contribution in [0.5, 0.6) is 5.75 Å². The number of nitrogens with zero attached hydrogens (tertiary/aromatic N) is 2. The van der Waals surface area contributed by atoms with Crippen LogP contribution in [-0.2, 0) is 0 Å². The smallest absolute Gasteiger partial charge is 0.296 e. The number of carbonyl (C=O) groups is 1. The Kier molecular flexibility index (Phi) is 4.36. The normalized spacial score (nSPS) is 15.4. The highest BCUT2D eigenvalue weighted by Crippen LogP contribution is 2.41. The summed E-state index contributed by atoms with van der Waals surface area (Å²) in [5, 5.41) is 0.457. The number of aromatic nitrogens is 1. The van der Waals surface area contributed by atoms with Gasteiger partial charge in [-0.3, -0.25) is 14.5 Å². The third-order valence-corrected chi connectivity index (χ3v) is 5.58. The quantitative estimate of drug-likeness (QED) is 0.493. The number of benzene rings is 2. The first kappa shape index (κ1) is 19.1. The zero-order valence-corrected chi connectivity index (χ0v) is 17.4. The summed E-state index contributed by atoms with van der Waals surface area (Å²) in [7, 11) is 1.58. The maximum Gasteiger partial charge on any atom is 0.296 e. The summed E-state index contributed by atoms with van der Waals surface area (Å²) in [6.45, 7) is 3.84. The van der Waals surface area contributed by atoms with Crippen LogP contribution in [0, 0.1) is 13.8 Å². The van der Waals surface area contributed by atoms with Gasteiger partial charge in [0.25, 0.3) is 5.91 Å². The number of hydrogen-bond donors (Lipinski definition) is 0. The van der Waals surface area contributed by atoms with Crippen LogP contribution < -0.4 is 15.1 Å². The number of methoxy groups -OCH3 is 1. The number of ether oxygens (including phenoxy) is 1. The number of fused-ring (bicyclic) bond motifs is 2. The van der Waals surface area contributed by atoms with Gasteiger partial charge in [0.2, 0.25) is 5.76 Å². The zero-order chi connectivity index (χ0) is 21.7. The molecule has 31 heavy (non-hydrogen) atoms. The number of carbonyl (C=O) groups excluding carboxylic acids is 1. The largest absolute Gasteiger partial charge is 0.497 e. The van der Waals surface area contributed by atoms with E-state index in [9.17, 15) is 9.59 Å². The first-order valence-corrected chi connectivity index (χ1v) is 9.95. The Morgan fingerprint density at radius 3 is 2.55 bits per heavy atom. The summed E-state index contributed by atoms with van der Waals surface area (Å²) < 4.78 is 11.4. The van der Waals surface area contributed by atoms with Crippen molar-refractivity contribution in [1.29, 1.82) is 0 Å². The molecule has 0 saturated carbocycles. The number of anilines is 1. The molecule has 0 bridgehead atoms. The number of hydrogen-bond acceptors (Lipinski definition) is 5. The van der Waals surface area contributed by atoms with Crippen LogP contribution in [-0.4, -0.2) is 18.0 Å². The molecule has 1 atom stereocenters.